The quantitative estimate of drug-likeness (QED) is 0.691. The van der Waals surface area contributed by atoms with Crippen molar-refractivity contribution in [1.29, 1.82) is 0 Å². The third-order valence-electron chi connectivity index (χ3n) is 3.32. The van der Waals surface area contributed by atoms with Crippen molar-refractivity contribution in [1.82, 2.24) is 0 Å². The zero-order valence-electron chi connectivity index (χ0n) is 9.46. The molecular formula is C11H25N. The van der Waals surface area contributed by atoms with Crippen LogP contribution in [0.15, 0.2) is 0 Å². The van der Waals surface area contributed by atoms with E-state index in [1.807, 2.05) is 0 Å². The lowest BCUT2D eigenvalue weighted by atomic mass is 9.79. The standard InChI is InChI=1S/C11H25N/c1-7(2)9(5)11(12)10(6)8(3)4/h7-11H,12H2,1-6H3. The molecule has 0 aliphatic carbocycles. The van der Waals surface area contributed by atoms with Crippen LogP contribution in [0.5, 0.6) is 0 Å². The monoisotopic (exact) mass is 171 g/mol. The van der Waals surface area contributed by atoms with Crippen LogP contribution < -0.4 is 5.73 Å². The van der Waals surface area contributed by atoms with Gasteiger partial charge in [-0.05, 0) is 23.7 Å². The van der Waals surface area contributed by atoms with Crippen molar-refractivity contribution in [3.8, 4) is 0 Å². The molecule has 0 rings (SSSR count). The molecule has 1 nitrogen and oxygen atoms in total. The number of hydrogen-bond acceptors (Lipinski definition) is 1. The Bertz CT molecular complexity index is 104. The topological polar surface area (TPSA) is 26.0 Å². The van der Waals surface area contributed by atoms with Gasteiger partial charge < -0.3 is 5.73 Å². The first kappa shape index (κ1) is 12.0. The first-order valence-electron chi connectivity index (χ1n) is 5.13. The molecule has 0 heterocycles. The average Bonchev–Trinajstić information content (AvgIpc) is 2.00. The molecule has 12 heavy (non-hydrogen) atoms. The van der Waals surface area contributed by atoms with Gasteiger partial charge in [-0.15, -0.1) is 0 Å². The lowest BCUT2D eigenvalue weighted by Crippen LogP contribution is -2.39. The molecule has 0 aliphatic heterocycles. The Labute approximate surface area is 77.7 Å². The zero-order chi connectivity index (χ0) is 9.89. The second-order valence-corrected chi connectivity index (χ2v) is 4.78. The van der Waals surface area contributed by atoms with Crippen LogP contribution in [0.3, 0.4) is 0 Å². The third kappa shape index (κ3) is 3.14. The molecule has 0 saturated heterocycles. The fourth-order valence-electron chi connectivity index (χ4n) is 1.37. The summed E-state index contributed by atoms with van der Waals surface area (Å²) < 4.78 is 0. The minimum Gasteiger partial charge on any atom is -0.327 e. The van der Waals surface area contributed by atoms with Crippen molar-refractivity contribution in [2.75, 3.05) is 0 Å². The van der Waals surface area contributed by atoms with E-state index < -0.39 is 0 Å². The average molecular weight is 171 g/mol. The van der Waals surface area contributed by atoms with Crippen LogP contribution in [-0.4, -0.2) is 6.04 Å². The summed E-state index contributed by atoms with van der Waals surface area (Å²) in [6, 6.07) is 0.352. The lowest BCUT2D eigenvalue weighted by molar-refractivity contribution is 0.236. The maximum atomic E-state index is 6.16. The molecule has 0 fully saturated rings. The normalized spacial score (nSPS) is 19.8. The van der Waals surface area contributed by atoms with E-state index in [0.717, 1.165) is 0 Å². The van der Waals surface area contributed by atoms with Crippen molar-refractivity contribution >= 4 is 0 Å². The van der Waals surface area contributed by atoms with Gasteiger partial charge in [-0.3, -0.25) is 0 Å². The van der Waals surface area contributed by atoms with Gasteiger partial charge in [0, 0.05) is 6.04 Å². The summed E-state index contributed by atoms with van der Waals surface area (Å²) in [4.78, 5) is 0. The van der Waals surface area contributed by atoms with E-state index in [4.69, 9.17) is 5.73 Å². The van der Waals surface area contributed by atoms with Crippen molar-refractivity contribution in [2.45, 2.75) is 47.6 Å². The Hall–Kier alpha value is -0.0400. The summed E-state index contributed by atoms with van der Waals surface area (Å²) in [5, 5.41) is 0. The Morgan fingerprint density at radius 3 is 1.08 bits per heavy atom. The summed E-state index contributed by atoms with van der Waals surface area (Å²) in [5.41, 5.74) is 6.16. The maximum absolute atomic E-state index is 6.16. The molecule has 0 aliphatic rings. The van der Waals surface area contributed by atoms with Gasteiger partial charge in [0.2, 0.25) is 0 Å². The van der Waals surface area contributed by atoms with Crippen LogP contribution in [0, 0.1) is 23.7 Å². The van der Waals surface area contributed by atoms with Crippen LogP contribution in [0.2, 0.25) is 0 Å². The van der Waals surface area contributed by atoms with Crippen LogP contribution in [0.4, 0.5) is 0 Å². The molecule has 0 amide bonds. The fraction of sp³-hybridized carbons (Fsp3) is 1.00. The summed E-state index contributed by atoms with van der Waals surface area (Å²) in [6.45, 7) is 13.5. The van der Waals surface area contributed by atoms with Crippen LogP contribution in [-0.2, 0) is 0 Å². The third-order valence-corrected chi connectivity index (χ3v) is 3.32. The molecule has 0 spiro atoms. The van der Waals surface area contributed by atoms with E-state index in [-0.39, 0.29) is 0 Å². The van der Waals surface area contributed by atoms with E-state index in [2.05, 4.69) is 41.5 Å². The fourth-order valence-corrected chi connectivity index (χ4v) is 1.37. The Morgan fingerprint density at radius 2 is 0.917 bits per heavy atom. The van der Waals surface area contributed by atoms with Crippen molar-refractivity contribution in [2.24, 2.45) is 29.4 Å². The van der Waals surface area contributed by atoms with Gasteiger partial charge >= 0.3 is 0 Å². The van der Waals surface area contributed by atoms with E-state index in [9.17, 15) is 0 Å². The summed E-state index contributed by atoms with van der Waals surface area (Å²) >= 11 is 0. The van der Waals surface area contributed by atoms with Crippen molar-refractivity contribution < 1.29 is 0 Å². The van der Waals surface area contributed by atoms with Gasteiger partial charge in [0.05, 0.1) is 0 Å². The number of nitrogens with two attached hydrogens (primary N) is 1. The van der Waals surface area contributed by atoms with Crippen LogP contribution in [0.25, 0.3) is 0 Å². The zero-order valence-corrected chi connectivity index (χ0v) is 9.46. The van der Waals surface area contributed by atoms with Crippen molar-refractivity contribution in [3.05, 3.63) is 0 Å². The Kier molecular flexibility index (Phi) is 4.84. The van der Waals surface area contributed by atoms with E-state index in [1.54, 1.807) is 0 Å². The highest BCUT2D eigenvalue weighted by Gasteiger charge is 2.23. The first-order chi connectivity index (χ1) is 5.37. The molecular weight excluding hydrogens is 146 g/mol. The SMILES string of the molecule is CC(C)C(C)C(N)C(C)C(C)C. The summed E-state index contributed by atoms with van der Waals surface area (Å²) in [5.74, 6) is 2.65. The molecule has 2 atom stereocenters. The minimum atomic E-state index is 0.352. The van der Waals surface area contributed by atoms with E-state index in [1.165, 1.54) is 0 Å². The van der Waals surface area contributed by atoms with E-state index in [0.29, 0.717) is 29.7 Å². The maximum Gasteiger partial charge on any atom is 0.00952 e. The predicted octanol–water partition coefficient (Wildman–Crippen LogP) is 2.90. The molecule has 0 aromatic heterocycles. The highest BCUT2D eigenvalue weighted by Crippen LogP contribution is 2.23. The molecule has 2 N–H and O–H groups in total. The Morgan fingerprint density at radius 1 is 0.667 bits per heavy atom. The largest absolute Gasteiger partial charge is 0.327 e. The highest BCUT2D eigenvalue weighted by atomic mass is 14.7. The van der Waals surface area contributed by atoms with Gasteiger partial charge in [-0.2, -0.15) is 0 Å². The second-order valence-electron chi connectivity index (χ2n) is 4.78. The van der Waals surface area contributed by atoms with Gasteiger partial charge in [-0.25, -0.2) is 0 Å². The van der Waals surface area contributed by atoms with E-state index >= 15 is 0 Å². The van der Waals surface area contributed by atoms with Gasteiger partial charge in [0.1, 0.15) is 0 Å². The van der Waals surface area contributed by atoms with Crippen LogP contribution >= 0.6 is 0 Å². The Balaban J connectivity index is 4.08. The highest BCUT2D eigenvalue weighted by molar-refractivity contribution is 4.78. The number of hydrogen-bond donors (Lipinski definition) is 1. The molecule has 0 aromatic rings. The molecule has 0 radical (unpaired) electrons. The molecule has 0 bridgehead atoms. The lowest BCUT2D eigenvalue weighted by Gasteiger charge is -2.30. The number of rotatable bonds is 4. The minimum absolute atomic E-state index is 0.352. The molecule has 0 aromatic carbocycles. The molecule has 0 saturated carbocycles. The smallest absolute Gasteiger partial charge is 0.00952 e. The molecule has 2 unspecified atom stereocenters. The predicted molar refractivity (Wildman–Crippen MR) is 56.0 cm³/mol. The van der Waals surface area contributed by atoms with Gasteiger partial charge in [0.25, 0.3) is 0 Å². The summed E-state index contributed by atoms with van der Waals surface area (Å²) in [6.07, 6.45) is 0. The molecule has 74 valence electrons. The first-order valence-corrected chi connectivity index (χ1v) is 5.13. The van der Waals surface area contributed by atoms with Crippen LogP contribution in [0.1, 0.15) is 41.5 Å². The summed E-state index contributed by atoms with van der Waals surface area (Å²) in [7, 11) is 0. The van der Waals surface area contributed by atoms with Crippen molar-refractivity contribution in [3.63, 3.8) is 0 Å². The molecule has 1 heteroatoms. The van der Waals surface area contributed by atoms with Gasteiger partial charge in [-0.1, -0.05) is 41.5 Å². The second kappa shape index (κ2) is 4.86. The van der Waals surface area contributed by atoms with Gasteiger partial charge in [0.15, 0.2) is 0 Å².